The number of benzene rings is 3. The van der Waals surface area contributed by atoms with E-state index in [1.165, 1.54) is 6.20 Å². The van der Waals surface area contributed by atoms with Crippen molar-refractivity contribution in [3.05, 3.63) is 123 Å². The van der Waals surface area contributed by atoms with Crippen LogP contribution >= 0.6 is 11.6 Å². The van der Waals surface area contributed by atoms with Gasteiger partial charge in [0.1, 0.15) is 11.6 Å². The Morgan fingerprint density at radius 2 is 1.81 bits per heavy atom. The summed E-state index contributed by atoms with van der Waals surface area (Å²) in [6.45, 7) is 11.2. The second kappa shape index (κ2) is 9.65. The SMILES string of the molecule is [C-]#[N+]c1cnc(C)nc1N[C@@H](C)c1cc2cccc(-c3cccc(Cl)c3)c2c(=O)n1-c1ccccc1. The summed E-state index contributed by atoms with van der Waals surface area (Å²) in [5.74, 6) is 0.993. The van der Waals surface area contributed by atoms with Gasteiger partial charge in [0.15, 0.2) is 0 Å². The molecule has 1 atom stereocenters. The number of aryl methyl sites for hydroxylation is 1. The van der Waals surface area contributed by atoms with Gasteiger partial charge in [0.2, 0.25) is 5.69 Å². The fourth-order valence-electron chi connectivity index (χ4n) is 4.37. The molecule has 0 bridgehead atoms. The maximum absolute atomic E-state index is 14.2. The first kappa shape index (κ1) is 23.3. The number of aromatic nitrogens is 3. The number of nitrogens with zero attached hydrogens (tertiary/aromatic N) is 4. The molecule has 7 heteroatoms. The Morgan fingerprint density at radius 1 is 1.03 bits per heavy atom. The summed E-state index contributed by atoms with van der Waals surface area (Å²) in [6, 6.07) is 24.6. The van der Waals surface area contributed by atoms with E-state index in [-0.39, 0.29) is 11.6 Å². The van der Waals surface area contributed by atoms with Crippen LogP contribution in [0.4, 0.5) is 11.5 Å². The molecule has 2 aromatic heterocycles. The molecule has 0 spiro atoms. The number of nitrogens with one attached hydrogen (secondary N) is 1. The lowest BCUT2D eigenvalue weighted by atomic mass is 9.98. The van der Waals surface area contributed by atoms with E-state index >= 15 is 0 Å². The van der Waals surface area contributed by atoms with Crippen molar-refractivity contribution in [3.63, 3.8) is 0 Å². The highest BCUT2D eigenvalue weighted by molar-refractivity contribution is 6.30. The number of anilines is 1. The number of para-hydroxylation sites is 1. The van der Waals surface area contributed by atoms with Crippen LogP contribution in [-0.4, -0.2) is 14.5 Å². The molecule has 1 N–H and O–H groups in total. The van der Waals surface area contributed by atoms with Crippen molar-refractivity contribution in [1.82, 2.24) is 14.5 Å². The third-order valence-corrected chi connectivity index (χ3v) is 6.27. The Bertz CT molecular complexity index is 1690. The lowest BCUT2D eigenvalue weighted by molar-refractivity contribution is 0.772. The van der Waals surface area contributed by atoms with Crippen LogP contribution in [0.2, 0.25) is 5.02 Å². The van der Waals surface area contributed by atoms with Gasteiger partial charge in [-0.3, -0.25) is 14.3 Å². The zero-order chi connectivity index (χ0) is 25.2. The molecule has 0 fully saturated rings. The zero-order valence-electron chi connectivity index (χ0n) is 19.7. The summed E-state index contributed by atoms with van der Waals surface area (Å²) in [5, 5.41) is 5.37. The molecule has 0 unspecified atom stereocenters. The maximum atomic E-state index is 14.2. The molecule has 0 amide bonds. The molecule has 6 nitrogen and oxygen atoms in total. The fourth-order valence-corrected chi connectivity index (χ4v) is 4.56. The average Bonchev–Trinajstić information content (AvgIpc) is 2.89. The Morgan fingerprint density at radius 3 is 2.56 bits per heavy atom. The van der Waals surface area contributed by atoms with Crippen LogP contribution in [0.5, 0.6) is 0 Å². The van der Waals surface area contributed by atoms with Gasteiger partial charge in [-0.25, -0.2) is 9.83 Å². The Balaban J connectivity index is 1.75. The summed E-state index contributed by atoms with van der Waals surface area (Å²) in [4.78, 5) is 26.3. The molecule has 0 radical (unpaired) electrons. The number of hydrogen-bond donors (Lipinski definition) is 1. The van der Waals surface area contributed by atoms with Crippen LogP contribution in [0, 0.1) is 13.5 Å². The van der Waals surface area contributed by atoms with Gasteiger partial charge in [0, 0.05) is 22.6 Å². The number of fused-ring (bicyclic) bond motifs is 1. The summed E-state index contributed by atoms with van der Waals surface area (Å²) in [6.07, 6.45) is 1.51. The maximum Gasteiger partial charge on any atom is 0.263 e. The summed E-state index contributed by atoms with van der Waals surface area (Å²) >= 11 is 6.27. The second-order valence-electron chi connectivity index (χ2n) is 8.45. The number of pyridine rings is 1. The number of halogens is 1. The second-order valence-corrected chi connectivity index (χ2v) is 8.89. The summed E-state index contributed by atoms with van der Waals surface area (Å²) < 4.78 is 1.72. The van der Waals surface area contributed by atoms with Crippen molar-refractivity contribution in [2.45, 2.75) is 19.9 Å². The monoisotopic (exact) mass is 491 g/mol. The minimum absolute atomic E-state index is 0.137. The highest BCUT2D eigenvalue weighted by Crippen LogP contribution is 2.32. The van der Waals surface area contributed by atoms with E-state index in [2.05, 4.69) is 20.1 Å². The third-order valence-electron chi connectivity index (χ3n) is 6.03. The Hall–Kier alpha value is -4.47. The van der Waals surface area contributed by atoms with Crippen molar-refractivity contribution in [3.8, 4) is 16.8 Å². The predicted octanol–water partition coefficient (Wildman–Crippen LogP) is 7.13. The first-order valence-corrected chi connectivity index (χ1v) is 11.8. The van der Waals surface area contributed by atoms with Gasteiger partial charge in [-0.2, -0.15) is 0 Å². The molecule has 0 aliphatic carbocycles. The highest BCUT2D eigenvalue weighted by atomic mass is 35.5. The van der Waals surface area contributed by atoms with E-state index in [9.17, 15) is 4.79 Å². The van der Waals surface area contributed by atoms with Crippen LogP contribution in [0.1, 0.15) is 24.5 Å². The minimum Gasteiger partial charge on any atom is -0.371 e. The van der Waals surface area contributed by atoms with Crippen LogP contribution < -0.4 is 10.9 Å². The molecular weight excluding hydrogens is 470 g/mol. The molecule has 176 valence electrons. The van der Waals surface area contributed by atoms with Crippen LogP contribution in [-0.2, 0) is 0 Å². The number of hydrogen-bond acceptors (Lipinski definition) is 4. The topological polar surface area (TPSA) is 64.2 Å². The lowest BCUT2D eigenvalue weighted by Gasteiger charge is -2.22. The van der Waals surface area contributed by atoms with Gasteiger partial charge in [-0.15, -0.1) is 0 Å². The van der Waals surface area contributed by atoms with Crippen molar-refractivity contribution in [2.24, 2.45) is 0 Å². The van der Waals surface area contributed by atoms with Gasteiger partial charge in [0.05, 0.1) is 18.0 Å². The standard InChI is InChI=1S/C29H22ClN5O/c1-18(33-28-25(31-3)17-32-19(2)34-28)26-16-21-10-8-14-24(20-9-7-11-22(30)15-20)27(21)29(36)35(26)23-12-5-4-6-13-23/h4-18H,1-2H3,(H,32,33,34)/t18-/m0/s1. The van der Waals surface area contributed by atoms with Crippen molar-refractivity contribution in [2.75, 3.05) is 5.32 Å². The molecule has 0 aliphatic heterocycles. The normalized spacial score (nSPS) is 11.7. The molecule has 0 saturated heterocycles. The van der Waals surface area contributed by atoms with Gasteiger partial charge in [0.25, 0.3) is 5.56 Å². The molecule has 2 heterocycles. The fraction of sp³-hybridized carbons (Fsp3) is 0.103. The molecular formula is C29H22ClN5O. The van der Waals surface area contributed by atoms with Crippen LogP contribution in [0.15, 0.2) is 89.9 Å². The third kappa shape index (κ3) is 4.33. The largest absolute Gasteiger partial charge is 0.371 e. The van der Waals surface area contributed by atoms with Gasteiger partial charge in [-0.1, -0.05) is 60.1 Å². The van der Waals surface area contributed by atoms with Gasteiger partial charge in [-0.05, 0) is 60.7 Å². The van der Waals surface area contributed by atoms with Crippen LogP contribution in [0.25, 0.3) is 32.4 Å². The highest BCUT2D eigenvalue weighted by Gasteiger charge is 2.20. The van der Waals surface area contributed by atoms with E-state index in [4.69, 9.17) is 18.2 Å². The van der Waals surface area contributed by atoms with E-state index in [1.54, 1.807) is 11.5 Å². The Labute approximate surface area is 213 Å². The van der Waals surface area contributed by atoms with E-state index in [0.717, 1.165) is 27.9 Å². The van der Waals surface area contributed by atoms with Crippen molar-refractivity contribution < 1.29 is 0 Å². The summed E-state index contributed by atoms with van der Waals surface area (Å²) in [5.41, 5.74) is 3.38. The Kier molecular flexibility index (Phi) is 6.24. The molecule has 0 aliphatic rings. The molecule has 3 aromatic carbocycles. The van der Waals surface area contributed by atoms with Crippen molar-refractivity contribution >= 4 is 33.9 Å². The number of rotatable bonds is 5. The smallest absolute Gasteiger partial charge is 0.263 e. The van der Waals surface area contributed by atoms with Crippen molar-refractivity contribution in [1.29, 1.82) is 0 Å². The summed E-state index contributed by atoms with van der Waals surface area (Å²) in [7, 11) is 0. The van der Waals surface area contributed by atoms with E-state index in [1.807, 2.05) is 85.8 Å². The lowest BCUT2D eigenvalue weighted by Crippen LogP contribution is -2.26. The molecule has 0 saturated carbocycles. The first-order chi connectivity index (χ1) is 17.5. The van der Waals surface area contributed by atoms with Gasteiger partial charge >= 0.3 is 0 Å². The van der Waals surface area contributed by atoms with E-state index < -0.39 is 0 Å². The molecule has 5 aromatic rings. The molecule has 5 rings (SSSR count). The van der Waals surface area contributed by atoms with Crippen LogP contribution in [0.3, 0.4) is 0 Å². The van der Waals surface area contributed by atoms with Gasteiger partial charge < -0.3 is 5.32 Å². The average molecular weight is 492 g/mol. The molecule has 36 heavy (non-hydrogen) atoms. The minimum atomic E-state index is -0.341. The predicted molar refractivity (Wildman–Crippen MR) is 145 cm³/mol. The van der Waals surface area contributed by atoms with E-state index in [0.29, 0.717) is 27.7 Å². The quantitative estimate of drug-likeness (QED) is 0.265. The first-order valence-electron chi connectivity index (χ1n) is 11.4. The zero-order valence-corrected chi connectivity index (χ0v) is 20.5.